The van der Waals surface area contributed by atoms with Crippen molar-refractivity contribution in [2.45, 2.75) is 6.42 Å². The number of benzene rings is 2. The molecule has 0 aliphatic heterocycles. The zero-order chi connectivity index (χ0) is 22.5. The average Bonchev–Trinajstić information content (AvgIpc) is 3.43. The van der Waals surface area contributed by atoms with Gasteiger partial charge in [0.2, 0.25) is 0 Å². The molecule has 2 aromatic carbocycles. The van der Waals surface area contributed by atoms with Crippen LogP contribution in [0.5, 0.6) is 0 Å². The molecule has 158 valence electrons. The van der Waals surface area contributed by atoms with E-state index in [1.54, 1.807) is 18.3 Å². The molecule has 5 nitrogen and oxygen atoms in total. The summed E-state index contributed by atoms with van der Waals surface area (Å²) in [5.74, 6) is 0.506. The summed E-state index contributed by atoms with van der Waals surface area (Å²) in [6.45, 7) is 0. The van der Waals surface area contributed by atoms with E-state index in [9.17, 15) is 10.1 Å². The van der Waals surface area contributed by atoms with Crippen molar-refractivity contribution in [1.82, 2.24) is 4.98 Å². The van der Waals surface area contributed by atoms with Gasteiger partial charge in [0, 0.05) is 38.6 Å². The Morgan fingerprint density at radius 1 is 1.19 bits per heavy atom. The molecule has 0 fully saturated rings. The third-order valence-electron chi connectivity index (χ3n) is 4.50. The van der Waals surface area contributed by atoms with Crippen molar-refractivity contribution in [3.63, 3.8) is 0 Å². The molecule has 2 aromatic heterocycles. The standard InChI is InChI=1S/C24H15BrClN3O2S/c25-18-7-5-15(6-8-18)22-10-9-19(31-22)11-17(13-27)23(30)29-24-28-14-20(32-24)12-16-3-1-2-4-21(16)26/h1-11,14H,12H2,(H,28,29,30). The maximum absolute atomic E-state index is 12.6. The van der Waals surface area contributed by atoms with Gasteiger partial charge in [0.15, 0.2) is 5.13 Å². The van der Waals surface area contributed by atoms with Crippen LogP contribution in [0.2, 0.25) is 5.02 Å². The van der Waals surface area contributed by atoms with Crippen LogP contribution in [0.1, 0.15) is 16.2 Å². The lowest BCUT2D eigenvalue weighted by molar-refractivity contribution is -0.112. The van der Waals surface area contributed by atoms with Crippen molar-refractivity contribution in [3.8, 4) is 17.4 Å². The largest absolute Gasteiger partial charge is 0.457 e. The number of thiazole rings is 1. The van der Waals surface area contributed by atoms with E-state index in [1.807, 2.05) is 54.6 Å². The molecule has 0 saturated carbocycles. The zero-order valence-electron chi connectivity index (χ0n) is 16.5. The summed E-state index contributed by atoms with van der Waals surface area (Å²) in [5, 5.41) is 13.2. The molecule has 0 spiro atoms. The quantitative estimate of drug-likeness (QED) is 0.218. The number of amides is 1. The van der Waals surface area contributed by atoms with E-state index in [2.05, 4.69) is 26.2 Å². The van der Waals surface area contributed by atoms with E-state index >= 15 is 0 Å². The van der Waals surface area contributed by atoms with Crippen LogP contribution in [0.25, 0.3) is 17.4 Å². The number of carbonyl (C=O) groups excluding carboxylic acids is 1. The first-order valence-electron chi connectivity index (χ1n) is 9.49. The Morgan fingerprint density at radius 2 is 1.97 bits per heavy atom. The van der Waals surface area contributed by atoms with E-state index in [0.29, 0.717) is 28.1 Å². The van der Waals surface area contributed by atoms with Crippen molar-refractivity contribution in [1.29, 1.82) is 5.26 Å². The molecule has 0 bridgehead atoms. The molecule has 0 atom stereocenters. The molecule has 0 saturated heterocycles. The van der Waals surface area contributed by atoms with Gasteiger partial charge in [0.1, 0.15) is 23.2 Å². The number of anilines is 1. The second-order valence-corrected chi connectivity index (χ2v) is 9.17. The minimum atomic E-state index is -0.548. The Labute approximate surface area is 202 Å². The first-order chi connectivity index (χ1) is 15.5. The number of hydrogen-bond donors (Lipinski definition) is 1. The molecular weight excluding hydrogens is 510 g/mol. The van der Waals surface area contributed by atoms with Crippen molar-refractivity contribution in [3.05, 3.63) is 98.1 Å². The number of halogens is 2. The predicted octanol–water partition coefficient (Wildman–Crippen LogP) is 6.96. The normalized spacial score (nSPS) is 11.2. The summed E-state index contributed by atoms with van der Waals surface area (Å²) in [7, 11) is 0. The summed E-state index contributed by atoms with van der Waals surface area (Å²) in [6.07, 6.45) is 3.71. The molecule has 1 amide bonds. The van der Waals surface area contributed by atoms with Crippen LogP contribution in [0.4, 0.5) is 5.13 Å². The van der Waals surface area contributed by atoms with E-state index < -0.39 is 5.91 Å². The third-order valence-corrected chi connectivity index (χ3v) is 6.31. The summed E-state index contributed by atoms with van der Waals surface area (Å²) < 4.78 is 6.74. The van der Waals surface area contributed by atoms with Gasteiger partial charge >= 0.3 is 0 Å². The van der Waals surface area contributed by atoms with Gasteiger partial charge in [-0.1, -0.05) is 57.9 Å². The number of aromatic nitrogens is 1. The number of nitrogens with one attached hydrogen (secondary N) is 1. The average molecular weight is 525 g/mol. The minimum Gasteiger partial charge on any atom is -0.457 e. The third kappa shape index (κ3) is 5.35. The second kappa shape index (κ2) is 9.96. The van der Waals surface area contributed by atoms with Crippen molar-refractivity contribution in [2.75, 3.05) is 5.32 Å². The summed E-state index contributed by atoms with van der Waals surface area (Å²) in [5.41, 5.74) is 1.79. The Bertz CT molecular complexity index is 1340. The van der Waals surface area contributed by atoms with Crippen LogP contribution in [-0.4, -0.2) is 10.9 Å². The van der Waals surface area contributed by atoms with E-state index in [-0.39, 0.29) is 5.57 Å². The molecule has 0 unspecified atom stereocenters. The van der Waals surface area contributed by atoms with Gasteiger partial charge in [0.25, 0.3) is 5.91 Å². The molecule has 2 heterocycles. The fraction of sp³-hybridized carbons (Fsp3) is 0.0417. The van der Waals surface area contributed by atoms with Gasteiger partial charge in [-0.3, -0.25) is 10.1 Å². The minimum absolute atomic E-state index is 0.0791. The number of rotatable bonds is 6. The van der Waals surface area contributed by atoms with Gasteiger partial charge in [0.05, 0.1) is 0 Å². The molecule has 4 rings (SSSR count). The van der Waals surface area contributed by atoms with E-state index in [4.69, 9.17) is 16.0 Å². The van der Waals surface area contributed by atoms with E-state index in [1.165, 1.54) is 17.4 Å². The first-order valence-corrected chi connectivity index (χ1v) is 11.5. The van der Waals surface area contributed by atoms with Gasteiger partial charge in [-0.2, -0.15) is 5.26 Å². The van der Waals surface area contributed by atoms with Gasteiger partial charge < -0.3 is 4.42 Å². The van der Waals surface area contributed by atoms with Crippen LogP contribution in [0.3, 0.4) is 0 Å². The zero-order valence-corrected chi connectivity index (χ0v) is 19.7. The lowest BCUT2D eigenvalue weighted by atomic mass is 10.1. The molecule has 8 heteroatoms. The predicted molar refractivity (Wildman–Crippen MR) is 130 cm³/mol. The van der Waals surface area contributed by atoms with Crippen molar-refractivity contribution >= 4 is 56.0 Å². The van der Waals surface area contributed by atoms with Crippen LogP contribution in [-0.2, 0) is 11.2 Å². The number of nitriles is 1. The summed E-state index contributed by atoms with van der Waals surface area (Å²) >= 11 is 10.9. The molecule has 0 radical (unpaired) electrons. The van der Waals surface area contributed by atoms with Crippen LogP contribution in [0, 0.1) is 11.3 Å². The number of furan rings is 1. The summed E-state index contributed by atoms with van der Waals surface area (Å²) in [4.78, 5) is 17.8. The fourth-order valence-electron chi connectivity index (χ4n) is 2.93. The fourth-order valence-corrected chi connectivity index (χ4v) is 4.23. The van der Waals surface area contributed by atoms with Gasteiger partial charge in [-0.15, -0.1) is 11.3 Å². The topological polar surface area (TPSA) is 78.9 Å². The monoisotopic (exact) mass is 523 g/mol. The number of hydrogen-bond acceptors (Lipinski definition) is 5. The van der Waals surface area contributed by atoms with E-state index in [0.717, 1.165) is 20.5 Å². The molecular formula is C24H15BrClN3O2S. The molecule has 1 N–H and O–H groups in total. The molecule has 0 aliphatic rings. The second-order valence-electron chi connectivity index (χ2n) is 6.73. The van der Waals surface area contributed by atoms with Crippen LogP contribution in [0.15, 0.2) is 81.3 Å². The number of carbonyl (C=O) groups is 1. The van der Waals surface area contributed by atoms with Crippen LogP contribution >= 0.6 is 38.9 Å². The SMILES string of the molecule is N#CC(=Cc1ccc(-c2ccc(Br)cc2)o1)C(=O)Nc1ncc(Cc2ccccc2Cl)s1. The van der Waals surface area contributed by atoms with Crippen molar-refractivity contribution in [2.24, 2.45) is 0 Å². The van der Waals surface area contributed by atoms with Crippen molar-refractivity contribution < 1.29 is 9.21 Å². The highest BCUT2D eigenvalue weighted by atomic mass is 79.9. The Balaban J connectivity index is 1.45. The Morgan fingerprint density at radius 3 is 2.72 bits per heavy atom. The Hall–Kier alpha value is -3.18. The lowest BCUT2D eigenvalue weighted by Crippen LogP contribution is -2.13. The van der Waals surface area contributed by atoms with Crippen LogP contribution < -0.4 is 5.32 Å². The highest BCUT2D eigenvalue weighted by Crippen LogP contribution is 2.27. The Kier molecular flexibility index (Phi) is 6.86. The molecule has 4 aromatic rings. The maximum Gasteiger partial charge on any atom is 0.268 e. The molecule has 0 aliphatic carbocycles. The van der Waals surface area contributed by atoms with Gasteiger partial charge in [-0.25, -0.2) is 4.98 Å². The molecule has 32 heavy (non-hydrogen) atoms. The maximum atomic E-state index is 12.6. The summed E-state index contributed by atoms with van der Waals surface area (Å²) in [6, 6.07) is 20.7. The van der Waals surface area contributed by atoms with Gasteiger partial charge in [-0.05, 0) is 35.9 Å². The number of nitrogens with zero attached hydrogens (tertiary/aromatic N) is 2. The first kappa shape index (κ1) is 22.0. The highest BCUT2D eigenvalue weighted by Gasteiger charge is 2.14. The lowest BCUT2D eigenvalue weighted by Gasteiger charge is -2.01. The smallest absolute Gasteiger partial charge is 0.268 e. The highest BCUT2D eigenvalue weighted by molar-refractivity contribution is 9.10.